The van der Waals surface area contributed by atoms with Crippen LogP contribution in [0.1, 0.15) is 17.8 Å². The number of nitrogens with one attached hydrogen (secondary N) is 2. The summed E-state index contributed by atoms with van der Waals surface area (Å²) >= 11 is 0. The molecule has 1 heterocycles. The zero-order valence-electron chi connectivity index (χ0n) is 14.9. The van der Waals surface area contributed by atoms with E-state index in [1.165, 1.54) is 0 Å². The van der Waals surface area contributed by atoms with Gasteiger partial charge in [0.25, 0.3) is 5.69 Å². The highest BCUT2D eigenvalue weighted by molar-refractivity contribution is 5.79. The zero-order chi connectivity index (χ0) is 22.9. The van der Waals surface area contributed by atoms with E-state index in [2.05, 4.69) is 4.98 Å². The Morgan fingerprint density at radius 3 is 2.37 bits per heavy atom. The monoisotopic (exact) mass is 441 g/mol. The molecule has 1 amide bonds. The van der Waals surface area contributed by atoms with Crippen molar-refractivity contribution < 1.29 is 41.2 Å². The van der Waals surface area contributed by atoms with Crippen molar-refractivity contribution in [3.8, 4) is 0 Å². The van der Waals surface area contributed by atoms with E-state index in [0.29, 0.717) is 12.1 Å². The molecule has 0 fully saturated rings. The third kappa shape index (κ3) is 4.61. The molecule has 0 spiro atoms. The number of nitrogens with zero attached hydrogens (tertiary/aromatic N) is 3. The quantitative estimate of drug-likeness (QED) is 0.360. The maximum absolute atomic E-state index is 13.4. The predicted molar refractivity (Wildman–Crippen MR) is 87.6 cm³/mol. The standard InChI is InChI=1S/C15H13F6N5O4/c1-25-5-4-22-12(25)13(28,15(19,20)21)7-11(27)24-23-9-3-2-8(14(16,17)18)6-10(9)26(29)30/h2-6,23,28H,7H2,1H3,(H,24,27). The highest BCUT2D eigenvalue weighted by atomic mass is 19.4. The number of anilines is 1. The number of aryl methyl sites for hydroxylation is 1. The summed E-state index contributed by atoms with van der Waals surface area (Å²) in [5.74, 6) is -2.35. The van der Waals surface area contributed by atoms with Gasteiger partial charge in [-0.05, 0) is 12.1 Å². The lowest BCUT2D eigenvalue weighted by molar-refractivity contribution is -0.384. The number of rotatable bonds is 6. The van der Waals surface area contributed by atoms with Gasteiger partial charge in [-0.15, -0.1) is 0 Å². The van der Waals surface area contributed by atoms with Gasteiger partial charge in [0.2, 0.25) is 11.5 Å². The van der Waals surface area contributed by atoms with Gasteiger partial charge in [-0.2, -0.15) is 26.3 Å². The van der Waals surface area contributed by atoms with E-state index < -0.39 is 58.0 Å². The number of aliphatic hydroxyl groups is 1. The highest BCUT2D eigenvalue weighted by Gasteiger charge is 2.58. The van der Waals surface area contributed by atoms with Gasteiger partial charge in [0, 0.05) is 25.5 Å². The minimum atomic E-state index is -5.32. The topological polar surface area (TPSA) is 122 Å². The fraction of sp³-hybridized carbons (Fsp3) is 0.333. The molecular weight excluding hydrogens is 428 g/mol. The molecule has 1 aromatic carbocycles. The Kier molecular flexibility index (Phi) is 5.97. The first-order chi connectivity index (χ1) is 13.7. The third-order valence-electron chi connectivity index (χ3n) is 3.93. The van der Waals surface area contributed by atoms with Crippen LogP contribution >= 0.6 is 0 Å². The van der Waals surface area contributed by atoms with E-state index in [1.54, 1.807) is 5.43 Å². The Bertz CT molecular complexity index is 958. The molecule has 1 aromatic heterocycles. The molecule has 15 heteroatoms. The number of carbonyl (C=O) groups excluding carboxylic acids is 1. The van der Waals surface area contributed by atoms with Crippen molar-refractivity contribution in [3.63, 3.8) is 0 Å². The Balaban J connectivity index is 2.23. The summed E-state index contributed by atoms with van der Waals surface area (Å²) in [7, 11) is 1.15. The normalized spacial score (nSPS) is 14.1. The van der Waals surface area contributed by atoms with Crippen LogP contribution in [0.4, 0.5) is 37.7 Å². The molecular formula is C15H13F6N5O4. The molecule has 3 N–H and O–H groups in total. The SMILES string of the molecule is Cn1ccnc1C(O)(CC(=O)NNc1ccc(C(F)(F)F)cc1[N+](=O)[O-])C(F)(F)F. The van der Waals surface area contributed by atoms with E-state index in [1.807, 2.05) is 5.43 Å². The first-order valence-electron chi connectivity index (χ1n) is 7.84. The highest BCUT2D eigenvalue weighted by Crippen LogP contribution is 2.40. The first-order valence-corrected chi connectivity index (χ1v) is 7.84. The number of hydrazine groups is 1. The summed E-state index contributed by atoms with van der Waals surface area (Å²) in [5, 5.41) is 21.1. The largest absolute Gasteiger partial charge is 0.425 e. The van der Waals surface area contributed by atoms with Crippen LogP contribution in [-0.2, 0) is 23.6 Å². The first kappa shape index (κ1) is 22.9. The fourth-order valence-corrected chi connectivity index (χ4v) is 2.45. The number of benzene rings is 1. The van der Waals surface area contributed by atoms with Gasteiger partial charge in [-0.3, -0.25) is 25.8 Å². The number of hydrogen-bond donors (Lipinski definition) is 3. The Morgan fingerprint density at radius 2 is 1.90 bits per heavy atom. The minimum absolute atomic E-state index is 0.189. The van der Waals surface area contributed by atoms with Crippen molar-refractivity contribution >= 4 is 17.3 Å². The molecule has 1 unspecified atom stereocenters. The third-order valence-corrected chi connectivity index (χ3v) is 3.93. The van der Waals surface area contributed by atoms with Crippen LogP contribution in [0.5, 0.6) is 0 Å². The van der Waals surface area contributed by atoms with Crippen molar-refractivity contribution in [2.75, 3.05) is 5.43 Å². The van der Waals surface area contributed by atoms with E-state index >= 15 is 0 Å². The molecule has 2 aromatic rings. The second-order valence-electron chi connectivity index (χ2n) is 6.06. The molecule has 164 valence electrons. The summed E-state index contributed by atoms with van der Waals surface area (Å²) in [4.78, 5) is 25.2. The van der Waals surface area contributed by atoms with E-state index in [-0.39, 0.29) is 6.07 Å². The average Bonchev–Trinajstić information content (AvgIpc) is 3.04. The van der Waals surface area contributed by atoms with Crippen molar-refractivity contribution in [1.82, 2.24) is 15.0 Å². The molecule has 0 aliphatic heterocycles. The van der Waals surface area contributed by atoms with Crippen LogP contribution in [0.15, 0.2) is 30.6 Å². The number of alkyl halides is 6. The predicted octanol–water partition coefficient (Wildman–Crippen LogP) is 2.63. The van der Waals surface area contributed by atoms with Crippen molar-refractivity contribution in [3.05, 3.63) is 52.1 Å². The van der Waals surface area contributed by atoms with Gasteiger partial charge in [0.05, 0.1) is 16.9 Å². The lowest BCUT2D eigenvalue weighted by atomic mass is 9.97. The molecule has 0 aliphatic carbocycles. The smallest absolute Gasteiger partial charge is 0.374 e. The van der Waals surface area contributed by atoms with Crippen molar-refractivity contribution in [2.24, 2.45) is 7.05 Å². The van der Waals surface area contributed by atoms with Gasteiger partial charge in [0.15, 0.2) is 5.82 Å². The van der Waals surface area contributed by atoms with E-state index in [9.17, 15) is 46.4 Å². The Hall–Kier alpha value is -3.36. The molecule has 9 nitrogen and oxygen atoms in total. The number of nitro groups is 1. The van der Waals surface area contributed by atoms with Crippen LogP contribution in [0.3, 0.4) is 0 Å². The number of aromatic nitrogens is 2. The van der Waals surface area contributed by atoms with Crippen molar-refractivity contribution in [1.29, 1.82) is 0 Å². The van der Waals surface area contributed by atoms with Gasteiger partial charge in [-0.1, -0.05) is 0 Å². The number of imidazole rings is 1. The molecule has 0 aliphatic rings. The number of amides is 1. The van der Waals surface area contributed by atoms with Crippen LogP contribution in [0, 0.1) is 10.1 Å². The second-order valence-corrected chi connectivity index (χ2v) is 6.06. The van der Waals surface area contributed by atoms with Gasteiger partial charge >= 0.3 is 12.4 Å². The summed E-state index contributed by atoms with van der Waals surface area (Å²) < 4.78 is 79.1. The summed E-state index contributed by atoms with van der Waals surface area (Å²) in [5.41, 5.74) is -3.15. The van der Waals surface area contributed by atoms with Crippen LogP contribution in [-0.4, -0.2) is 31.7 Å². The summed E-state index contributed by atoms with van der Waals surface area (Å²) in [6.07, 6.45) is -9.70. The van der Waals surface area contributed by atoms with E-state index in [4.69, 9.17) is 0 Å². The maximum Gasteiger partial charge on any atom is 0.425 e. The molecule has 2 rings (SSSR count). The van der Waals surface area contributed by atoms with Crippen LogP contribution < -0.4 is 10.9 Å². The molecule has 0 bridgehead atoms. The van der Waals surface area contributed by atoms with Crippen molar-refractivity contribution in [2.45, 2.75) is 24.4 Å². The fourth-order valence-electron chi connectivity index (χ4n) is 2.45. The van der Waals surface area contributed by atoms with Gasteiger partial charge < -0.3 is 9.67 Å². The van der Waals surface area contributed by atoms with Gasteiger partial charge in [-0.25, -0.2) is 4.98 Å². The van der Waals surface area contributed by atoms with E-state index in [0.717, 1.165) is 24.0 Å². The molecule has 0 saturated carbocycles. The maximum atomic E-state index is 13.4. The lowest BCUT2D eigenvalue weighted by Gasteiger charge is -2.29. The Labute approximate surface area is 163 Å². The number of hydrogen-bond acceptors (Lipinski definition) is 6. The molecule has 30 heavy (non-hydrogen) atoms. The molecule has 0 saturated heterocycles. The molecule has 0 radical (unpaired) electrons. The lowest BCUT2D eigenvalue weighted by Crippen LogP contribution is -2.48. The minimum Gasteiger partial charge on any atom is -0.374 e. The molecule has 1 atom stereocenters. The zero-order valence-corrected chi connectivity index (χ0v) is 14.9. The van der Waals surface area contributed by atoms with Crippen LogP contribution in [0.25, 0.3) is 0 Å². The second kappa shape index (κ2) is 7.81. The number of carbonyl (C=O) groups is 1. The summed E-state index contributed by atoms with van der Waals surface area (Å²) in [6, 6.07) is 1.28. The number of halogens is 6. The summed E-state index contributed by atoms with van der Waals surface area (Å²) in [6.45, 7) is 0. The Morgan fingerprint density at radius 1 is 1.27 bits per heavy atom. The van der Waals surface area contributed by atoms with Crippen LogP contribution in [0.2, 0.25) is 0 Å². The number of nitro benzene ring substituents is 1. The average molecular weight is 441 g/mol. The van der Waals surface area contributed by atoms with Gasteiger partial charge in [0.1, 0.15) is 5.69 Å².